The van der Waals surface area contributed by atoms with E-state index in [0.29, 0.717) is 6.42 Å². The fraction of sp³-hybridized carbons (Fsp3) is 0.444. The van der Waals surface area contributed by atoms with Crippen LogP contribution in [-0.4, -0.2) is 29.6 Å². The van der Waals surface area contributed by atoms with E-state index in [-0.39, 0.29) is 35.3 Å². The molecule has 1 aliphatic heterocycles. The van der Waals surface area contributed by atoms with Crippen LogP contribution in [0.4, 0.5) is 10.5 Å². The molecule has 0 unspecified atom stereocenters. The number of esters is 1. The third-order valence-electron chi connectivity index (χ3n) is 4.26. The van der Waals surface area contributed by atoms with Gasteiger partial charge in [-0.05, 0) is 38.8 Å². The molecule has 2 atom stereocenters. The average Bonchev–Trinajstić information content (AvgIpc) is 2.62. The second kappa shape index (κ2) is 8.59. The second-order valence-corrected chi connectivity index (χ2v) is 6.25. The number of urea groups is 1. The van der Waals surface area contributed by atoms with E-state index in [1.807, 2.05) is 6.92 Å². The molecule has 0 aliphatic carbocycles. The number of hydrogen-bond donors (Lipinski definition) is 2. The van der Waals surface area contributed by atoms with Crippen molar-refractivity contribution in [3.05, 3.63) is 39.1 Å². The normalized spacial score (nSPS) is 17.4. The van der Waals surface area contributed by atoms with Gasteiger partial charge in [0.15, 0.2) is 0 Å². The standard InChI is InChI=1S/C18H23N3O7/c1-5-9(3)28-17(23)14-10(4)19-18(24)20-15(14)11-7-12(21(25)26)16(22)13(8-11)27-6-2/h7-9,15,22H,5-6H2,1-4H3,(H2,19,20,24)/p-1/t9-,15-/m0/s1. The minimum atomic E-state index is -1.04. The Bertz CT molecular complexity index is 835. The predicted molar refractivity (Wildman–Crippen MR) is 96.7 cm³/mol. The van der Waals surface area contributed by atoms with Gasteiger partial charge in [0.25, 0.3) is 5.69 Å². The molecule has 0 radical (unpaired) electrons. The SMILES string of the molecule is CCOc1cc([C@@H]2NC(=O)NC(C)=C2C(=O)O[C@@H](C)CC)cc([N+](=O)[O-])c1[O-]. The van der Waals surface area contributed by atoms with Gasteiger partial charge < -0.3 is 25.2 Å². The Labute approximate surface area is 161 Å². The van der Waals surface area contributed by atoms with Crippen molar-refractivity contribution >= 4 is 17.7 Å². The van der Waals surface area contributed by atoms with Crippen molar-refractivity contribution in [2.24, 2.45) is 0 Å². The van der Waals surface area contributed by atoms with E-state index in [9.17, 15) is 24.8 Å². The zero-order valence-corrected chi connectivity index (χ0v) is 16.0. The summed E-state index contributed by atoms with van der Waals surface area (Å²) in [7, 11) is 0. The van der Waals surface area contributed by atoms with Gasteiger partial charge in [-0.15, -0.1) is 0 Å². The summed E-state index contributed by atoms with van der Waals surface area (Å²) >= 11 is 0. The van der Waals surface area contributed by atoms with Crippen LogP contribution in [0.5, 0.6) is 11.5 Å². The number of carbonyl (C=O) groups excluding carboxylic acids is 2. The number of amides is 2. The number of benzene rings is 1. The number of hydrogen-bond acceptors (Lipinski definition) is 7. The molecular weight excluding hydrogens is 370 g/mol. The Kier molecular flexibility index (Phi) is 6.45. The van der Waals surface area contributed by atoms with E-state index in [2.05, 4.69) is 10.6 Å². The lowest BCUT2D eigenvalue weighted by Gasteiger charge is -2.29. The Morgan fingerprint density at radius 2 is 2.04 bits per heavy atom. The molecule has 1 aromatic rings. The van der Waals surface area contributed by atoms with Crippen LogP contribution in [0.1, 0.15) is 45.7 Å². The number of ether oxygens (including phenoxy) is 2. The van der Waals surface area contributed by atoms with Gasteiger partial charge in [-0.25, -0.2) is 9.59 Å². The van der Waals surface area contributed by atoms with Crippen LogP contribution in [0.15, 0.2) is 23.4 Å². The van der Waals surface area contributed by atoms with Crippen LogP contribution in [0.2, 0.25) is 0 Å². The first-order valence-electron chi connectivity index (χ1n) is 8.80. The van der Waals surface area contributed by atoms with Crippen molar-refractivity contribution in [1.29, 1.82) is 0 Å². The molecule has 0 bridgehead atoms. The van der Waals surface area contributed by atoms with Crippen LogP contribution in [0, 0.1) is 10.1 Å². The van der Waals surface area contributed by atoms with Crippen LogP contribution in [0.3, 0.4) is 0 Å². The molecule has 2 N–H and O–H groups in total. The highest BCUT2D eigenvalue weighted by molar-refractivity contribution is 5.95. The molecule has 1 aromatic carbocycles. The molecule has 1 heterocycles. The Balaban J connectivity index is 2.58. The minimum Gasteiger partial charge on any atom is -0.865 e. The van der Waals surface area contributed by atoms with E-state index >= 15 is 0 Å². The first-order chi connectivity index (χ1) is 13.2. The van der Waals surface area contributed by atoms with Crippen LogP contribution >= 0.6 is 0 Å². The van der Waals surface area contributed by atoms with Crippen LogP contribution in [-0.2, 0) is 9.53 Å². The Morgan fingerprint density at radius 1 is 1.36 bits per heavy atom. The highest BCUT2D eigenvalue weighted by atomic mass is 16.6. The lowest BCUT2D eigenvalue weighted by molar-refractivity contribution is -0.398. The van der Waals surface area contributed by atoms with Crippen LogP contribution < -0.4 is 20.5 Å². The lowest BCUT2D eigenvalue weighted by atomic mass is 9.94. The maximum absolute atomic E-state index is 12.7. The molecule has 2 amide bonds. The zero-order valence-electron chi connectivity index (χ0n) is 16.0. The molecule has 0 fully saturated rings. The van der Waals surface area contributed by atoms with Gasteiger partial charge in [0.2, 0.25) is 0 Å². The minimum absolute atomic E-state index is 0.0929. The number of nitrogens with zero attached hydrogens (tertiary/aromatic N) is 1. The van der Waals surface area contributed by atoms with Gasteiger partial charge in [0.1, 0.15) is 5.75 Å². The molecule has 0 saturated heterocycles. The maximum atomic E-state index is 12.7. The van der Waals surface area contributed by atoms with E-state index in [4.69, 9.17) is 9.47 Å². The van der Waals surface area contributed by atoms with Gasteiger partial charge in [0.05, 0.1) is 29.2 Å². The highest BCUT2D eigenvalue weighted by Crippen LogP contribution is 2.39. The summed E-state index contributed by atoms with van der Waals surface area (Å²) in [4.78, 5) is 35.1. The number of rotatable bonds is 7. The predicted octanol–water partition coefficient (Wildman–Crippen LogP) is 2.04. The topological polar surface area (TPSA) is 143 Å². The summed E-state index contributed by atoms with van der Waals surface area (Å²) in [5, 5.41) is 28.5. The zero-order chi connectivity index (χ0) is 21.0. The number of carbonyl (C=O) groups is 2. The molecule has 0 aromatic heterocycles. The average molecular weight is 392 g/mol. The van der Waals surface area contributed by atoms with E-state index < -0.39 is 34.4 Å². The first kappa shape index (κ1) is 21.0. The lowest BCUT2D eigenvalue weighted by Crippen LogP contribution is -2.45. The van der Waals surface area contributed by atoms with Crippen molar-refractivity contribution < 1.29 is 29.1 Å². The molecule has 152 valence electrons. The Morgan fingerprint density at radius 3 is 2.61 bits per heavy atom. The molecule has 0 saturated carbocycles. The first-order valence-corrected chi connectivity index (χ1v) is 8.80. The number of nitro benzene ring substituents is 1. The van der Waals surface area contributed by atoms with E-state index in [1.54, 1.807) is 13.8 Å². The second-order valence-electron chi connectivity index (χ2n) is 6.25. The smallest absolute Gasteiger partial charge is 0.338 e. The van der Waals surface area contributed by atoms with Gasteiger partial charge >= 0.3 is 12.0 Å². The fourth-order valence-corrected chi connectivity index (χ4v) is 2.72. The van der Waals surface area contributed by atoms with Crippen LogP contribution in [0.25, 0.3) is 0 Å². The van der Waals surface area contributed by atoms with Crippen molar-refractivity contribution in [1.82, 2.24) is 10.6 Å². The third kappa shape index (κ3) is 4.33. The summed E-state index contributed by atoms with van der Waals surface area (Å²) in [5.41, 5.74) is -0.190. The Hall–Kier alpha value is -3.30. The molecule has 2 rings (SSSR count). The number of nitrogens with one attached hydrogen (secondary N) is 2. The van der Waals surface area contributed by atoms with Crippen molar-refractivity contribution in [3.63, 3.8) is 0 Å². The molecule has 1 aliphatic rings. The molecule has 10 heteroatoms. The van der Waals surface area contributed by atoms with Crippen molar-refractivity contribution in [2.75, 3.05) is 6.61 Å². The fourth-order valence-electron chi connectivity index (χ4n) is 2.72. The molecule has 0 spiro atoms. The van der Waals surface area contributed by atoms with E-state index in [1.165, 1.54) is 13.0 Å². The van der Waals surface area contributed by atoms with Gasteiger partial charge in [-0.3, -0.25) is 10.1 Å². The largest absolute Gasteiger partial charge is 0.865 e. The summed E-state index contributed by atoms with van der Waals surface area (Å²) in [5.74, 6) is -1.77. The summed E-state index contributed by atoms with van der Waals surface area (Å²) in [6.07, 6.45) is 0.233. The monoisotopic (exact) mass is 392 g/mol. The quantitative estimate of drug-likeness (QED) is 0.410. The maximum Gasteiger partial charge on any atom is 0.338 e. The summed E-state index contributed by atoms with van der Waals surface area (Å²) in [6, 6.07) is 0.697. The van der Waals surface area contributed by atoms with Gasteiger partial charge in [-0.2, -0.15) is 0 Å². The van der Waals surface area contributed by atoms with Crippen molar-refractivity contribution in [3.8, 4) is 11.5 Å². The van der Waals surface area contributed by atoms with Gasteiger partial charge in [-0.1, -0.05) is 6.92 Å². The molecular formula is C18H22N3O7-. The number of nitro groups is 1. The molecule has 28 heavy (non-hydrogen) atoms. The molecule has 10 nitrogen and oxygen atoms in total. The summed E-state index contributed by atoms with van der Waals surface area (Å²) < 4.78 is 10.6. The highest BCUT2D eigenvalue weighted by Gasteiger charge is 2.34. The third-order valence-corrected chi connectivity index (χ3v) is 4.26. The van der Waals surface area contributed by atoms with E-state index in [0.717, 1.165) is 6.07 Å². The van der Waals surface area contributed by atoms with Crippen molar-refractivity contribution in [2.45, 2.75) is 46.3 Å². The summed E-state index contributed by atoms with van der Waals surface area (Å²) in [6.45, 7) is 6.85. The van der Waals surface area contributed by atoms with Gasteiger partial charge in [0, 0.05) is 17.5 Å². The number of allylic oxidation sites excluding steroid dienone is 1.